The van der Waals surface area contributed by atoms with Crippen LogP contribution in [0.3, 0.4) is 0 Å². The first kappa shape index (κ1) is 15.7. The predicted octanol–water partition coefficient (Wildman–Crippen LogP) is 3.28. The van der Waals surface area contributed by atoms with Crippen molar-refractivity contribution in [3.8, 4) is 0 Å². The minimum Gasteiger partial charge on any atom is -0.481 e. The number of rotatable bonds is 4. The molecule has 1 saturated heterocycles. The molecule has 2 heterocycles. The molecule has 0 radical (unpaired) electrons. The highest BCUT2D eigenvalue weighted by molar-refractivity contribution is 5.70. The highest BCUT2D eigenvalue weighted by Gasteiger charge is 2.31. The molecule has 1 unspecified atom stereocenters. The van der Waals surface area contributed by atoms with Crippen molar-refractivity contribution in [2.45, 2.75) is 25.8 Å². The third kappa shape index (κ3) is 3.42. The number of aliphatic carboxylic acids is 1. The Kier molecular flexibility index (Phi) is 4.72. The number of carboxylic acid groups (broad SMARTS) is 1. The molecular formula is C19H22N2O2. The summed E-state index contributed by atoms with van der Waals surface area (Å²) >= 11 is 0. The van der Waals surface area contributed by atoms with E-state index in [2.05, 4.69) is 35.0 Å². The van der Waals surface area contributed by atoms with Crippen LogP contribution in [0.5, 0.6) is 0 Å². The second kappa shape index (κ2) is 6.92. The summed E-state index contributed by atoms with van der Waals surface area (Å²) in [6.45, 7) is 3.65. The summed E-state index contributed by atoms with van der Waals surface area (Å²) < 4.78 is 0. The molecule has 120 valence electrons. The van der Waals surface area contributed by atoms with Crippen LogP contribution >= 0.6 is 0 Å². The molecule has 1 N–H and O–H groups in total. The minimum absolute atomic E-state index is 0.0899. The fraction of sp³-hybridized carbons (Fsp3) is 0.368. The van der Waals surface area contributed by atoms with Gasteiger partial charge in [0.15, 0.2) is 0 Å². The molecule has 1 atom stereocenters. The molecule has 0 saturated carbocycles. The van der Waals surface area contributed by atoms with Gasteiger partial charge in [-0.1, -0.05) is 36.4 Å². The zero-order valence-corrected chi connectivity index (χ0v) is 13.4. The summed E-state index contributed by atoms with van der Waals surface area (Å²) in [7, 11) is 0. The Morgan fingerprint density at radius 2 is 1.87 bits per heavy atom. The first-order valence-electron chi connectivity index (χ1n) is 8.10. The molecular weight excluding hydrogens is 288 g/mol. The average molecular weight is 310 g/mol. The SMILES string of the molecule is Cc1cccnc1C(c1ccccc1)N1CCC(C(=O)O)CC1. The molecule has 0 aliphatic carbocycles. The second-order valence-electron chi connectivity index (χ2n) is 6.17. The van der Waals surface area contributed by atoms with Crippen molar-refractivity contribution in [1.29, 1.82) is 0 Å². The van der Waals surface area contributed by atoms with E-state index in [4.69, 9.17) is 0 Å². The molecule has 4 heteroatoms. The Hall–Kier alpha value is -2.20. The summed E-state index contributed by atoms with van der Waals surface area (Å²) in [5.41, 5.74) is 3.44. The van der Waals surface area contributed by atoms with E-state index >= 15 is 0 Å². The van der Waals surface area contributed by atoms with Gasteiger partial charge in [0.25, 0.3) is 0 Å². The number of likely N-dealkylation sites (tertiary alicyclic amines) is 1. The number of benzene rings is 1. The zero-order chi connectivity index (χ0) is 16.2. The van der Waals surface area contributed by atoms with Crippen LogP contribution in [0.1, 0.15) is 35.7 Å². The molecule has 0 amide bonds. The van der Waals surface area contributed by atoms with Gasteiger partial charge in [0.1, 0.15) is 0 Å². The van der Waals surface area contributed by atoms with Crippen LogP contribution in [-0.2, 0) is 4.79 Å². The van der Waals surface area contributed by atoms with Crippen molar-refractivity contribution < 1.29 is 9.90 Å². The Morgan fingerprint density at radius 3 is 2.48 bits per heavy atom. The van der Waals surface area contributed by atoms with Crippen LogP contribution < -0.4 is 0 Å². The van der Waals surface area contributed by atoms with Crippen LogP contribution in [0.15, 0.2) is 48.7 Å². The standard InChI is InChI=1S/C19H22N2O2/c1-14-6-5-11-20-17(14)18(15-7-3-2-4-8-15)21-12-9-16(10-13-21)19(22)23/h2-8,11,16,18H,9-10,12-13H2,1H3,(H,22,23). The summed E-state index contributed by atoms with van der Waals surface area (Å²) in [4.78, 5) is 18.2. The predicted molar refractivity (Wildman–Crippen MR) is 89.2 cm³/mol. The Morgan fingerprint density at radius 1 is 1.17 bits per heavy atom. The smallest absolute Gasteiger partial charge is 0.306 e. The Labute approximate surface area is 136 Å². The van der Waals surface area contributed by atoms with E-state index in [1.807, 2.05) is 30.5 Å². The summed E-state index contributed by atoms with van der Waals surface area (Å²) in [6.07, 6.45) is 3.23. The van der Waals surface area contributed by atoms with Crippen molar-refractivity contribution in [2.24, 2.45) is 5.92 Å². The van der Waals surface area contributed by atoms with E-state index < -0.39 is 5.97 Å². The number of carbonyl (C=O) groups is 1. The van der Waals surface area contributed by atoms with Crippen molar-refractivity contribution in [2.75, 3.05) is 13.1 Å². The maximum absolute atomic E-state index is 11.2. The third-order valence-electron chi connectivity index (χ3n) is 4.67. The minimum atomic E-state index is -0.671. The molecule has 0 bridgehead atoms. The highest BCUT2D eigenvalue weighted by Crippen LogP contribution is 2.32. The lowest BCUT2D eigenvalue weighted by molar-refractivity contribution is -0.143. The van der Waals surface area contributed by atoms with Crippen LogP contribution in [0.4, 0.5) is 0 Å². The largest absolute Gasteiger partial charge is 0.481 e. The van der Waals surface area contributed by atoms with Gasteiger partial charge in [0.2, 0.25) is 0 Å². The van der Waals surface area contributed by atoms with Gasteiger partial charge < -0.3 is 5.11 Å². The van der Waals surface area contributed by atoms with E-state index in [0.29, 0.717) is 12.8 Å². The number of nitrogens with zero attached hydrogens (tertiary/aromatic N) is 2. The topological polar surface area (TPSA) is 53.4 Å². The van der Waals surface area contributed by atoms with Gasteiger partial charge in [0.05, 0.1) is 17.7 Å². The van der Waals surface area contributed by atoms with Gasteiger partial charge in [-0.3, -0.25) is 14.7 Å². The van der Waals surface area contributed by atoms with Crippen LogP contribution in [0.2, 0.25) is 0 Å². The fourth-order valence-electron chi connectivity index (χ4n) is 3.37. The summed E-state index contributed by atoms with van der Waals surface area (Å²) in [5, 5.41) is 9.21. The number of aromatic nitrogens is 1. The van der Waals surface area contributed by atoms with Crippen LogP contribution in [0, 0.1) is 12.8 Å². The van der Waals surface area contributed by atoms with Gasteiger partial charge in [-0.15, -0.1) is 0 Å². The molecule has 4 nitrogen and oxygen atoms in total. The lowest BCUT2D eigenvalue weighted by Crippen LogP contribution is -2.39. The number of hydrogen-bond acceptors (Lipinski definition) is 3. The van der Waals surface area contributed by atoms with Crippen molar-refractivity contribution >= 4 is 5.97 Å². The number of pyridine rings is 1. The van der Waals surface area contributed by atoms with Gasteiger partial charge in [-0.25, -0.2) is 0 Å². The van der Waals surface area contributed by atoms with Crippen molar-refractivity contribution in [3.63, 3.8) is 0 Å². The molecule has 0 spiro atoms. The number of carboxylic acids is 1. The summed E-state index contributed by atoms with van der Waals surface area (Å²) in [5.74, 6) is -0.887. The van der Waals surface area contributed by atoms with Gasteiger partial charge in [-0.05, 0) is 50.0 Å². The van der Waals surface area contributed by atoms with Crippen molar-refractivity contribution in [1.82, 2.24) is 9.88 Å². The molecule has 1 aliphatic heterocycles. The Balaban J connectivity index is 1.91. The maximum atomic E-state index is 11.2. The number of hydrogen-bond donors (Lipinski definition) is 1. The van der Waals surface area contributed by atoms with Crippen LogP contribution in [0.25, 0.3) is 0 Å². The molecule has 3 rings (SSSR count). The fourth-order valence-corrected chi connectivity index (χ4v) is 3.37. The van der Waals surface area contributed by atoms with E-state index in [0.717, 1.165) is 18.8 Å². The third-order valence-corrected chi connectivity index (χ3v) is 4.67. The molecule has 1 aliphatic rings. The zero-order valence-electron chi connectivity index (χ0n) is 13.4. The lowest BCUT2D eigenvalue weighted by Gasteiger charge is -2.37. The number of aryl methyl sites for hydroxylation is 1. The first-order chi connectivity index (χ1) is 11.2. The van der Waals surface area contributed by atoms with Gasteiger partial charge in [-0.2, -0.15) is 0 Å². The van der Waals surface area contributed by atoms with E-state index in [1.165, 1.54) is 11.1 Å². The molecule has 1 fully saturated rings. The van der Waals surface area contributed by atoms with E-state index in [9.17, 15) is 9.90 Å². The van der Waals surface area contributed by atoms with Crippen LogP contribution in [-0.4, -0.2) is 34.0 Å². The lowest BCUT2D eigenvalue weighted by atomic mass is 9.92. The quantitative estimate of drug-likeness (QED) is 0.941. The average Bonchev–Trinajstić information content (AvgIpc) is 2.58. The molecule has 1 aromatic heterocycles. The summed E-state index contributed by atoms with van der Waals surface area (Å²) in [6, 6.07) is 14.5. The second-order valence-corrected chi connectivity index (χ2v) is 6.17. The molecule has 23 heavy (non-hydrogen) atoms. The van der Waals surface area contributed by atoms with E-state index in [1.54, 1.807) is 0 Å². The van der Waals surface area contributed by atoms with Gasteiger partial charge in [0, 0.05) is 6.20 Å². The monoisotopic (exact) mass is 310 g/mol. The van der Waals surface area contributed by atoms with Gasteiger partial charge >= 0.3 is 5.97 Å². The Bertz CT molecular complexity index is 664. The first-order valence-corrected chi connectivity index (χ1v) is 8.10. The normalized spacial score (nSPS) is 17.8. The van der Waals surface area contributed by atoms with Crippen molar-refractivity contribution in [3.05, 3.63) is 65.5 Å². The number of piperidine rings is 1. The highest BCUT2D eigenvalue weighted by atomic mass is 16.4. The molecule has 2 aromatic rings. The molecule has 1 aromatic carbocycles. The van der Waals surface area contributed by atoms with E-state index in [-0.39, 0.29) is 12.0 Å². The maximum Gasteiger partial charge on any atom is 0.306 e.